The minimum Gasteiger partial charge on any atom is -0.236 e. The first kappa shape index (κ1) is 17.9. The van der Waals surface area contributed by atoms with E-state index in [0.29, 0.717) is 13.2 Å². The van der Waals surface area contributed by atoms with E-state index in [1.807, 2.05) is 41.5 Å². The van der Waals surface area contributed by atoms with Crippen LogP contribution in [-0.2, 0) is 19.6 Å². The fourth-order valence-corrected chi connectivity index (χ4v) is 2.29. The van der Waals surface area contributed by atoms with Gasteiger partial charge in [0.2, 0.25) is 0 Å². The van der Waals surface area contributed by atoms with E-state index in [0.717, 1.165) is 12.8 Å². The van der Waals surface area contributed by atoms with Crippen molar-refractivity contribution in [3.8, 4) is 0 Å². The highest BCUT2D eigenvalue weighted by Gasteiger charge is 2.35. The predicted molar refractivity (Wildman–Crippen MR) is 79.1 cm³/mol. The second-order valence-corrected chi connectivity index (χ2v) is 7.98. The summed E-state index contributed by atoms with van der Waals surface area (Å²) >= 11 is 0. The summed E-state index contributed by atoms with van der Waals surface area (Å²) in [4.78, 5) is 21.8. The van der Waals surface area contributed by atoms with E-state index in [1.165, 1.54) is 19.3 Å². The maximum Gasteiger partial charge on any atom is 0.0952 e. The van der Waals surface area contributed by atoms with Crippen LogP contribution in [0.1, 0.15) is 73.6 Å². The van der Waals surface area contributed by atoms with Gasteiger partial charge in [0.15, 0.2) is 0 Å². The van der Waals surface area contributed by atoms with Crippen LogP contribution < -0.4 is 0 Å². The third-order valence-corrected chi connectivity index (χ3v) is 3.26. The molecule has 4 nitrogen and oxygen atoms in total. The smallest absolute Gasteiger partial charge is 0.0952 e. The molecule has 0 amide bonds. The molecule has 1 aliphatic carbocycles. The second-order valence-electron chi connectivity index (χ2n) is 7.98. The molecular formula is C16H32O4. The van der Waals surface area contributed by atoms with Gasteiger partial charge in [0.1, 0.15) is 0 Å². The Morgan fingerprint density at radius 1 is 0.700 bits per heavy atom. The van der Waals surface area contributed by atoms with Crippen LogP contribution in [0.3, 0.4) is 0 Å². The van der Waals surface area contributed by atoms with E-state index in [-0.39, 0.29) is 16.6 Å². The summed E-state index contributed by atoms with van der Waals surface area (Å²) in [5, 5.41) is 0. The Morgan fingerprint density at radius 2 is 1.10 bits per heavy atom. The molecule has 0 saturated heterocycles. The maximum absolute atomic E-state index is 5.49. The molecule has 0 radical (unpaired) electrons. The van der Waals surface area contributed by atoms with Gasteiger partial charge in [0.25, 0.3) is 0 Å². The van der Waals surface area contributed by atoms with Gasteiger partial charge in [-0.3, -0.25) is 0 Å². The molecule has 0 aromatic carbocycles. The van der Waals surface area contributed by atoms with Crippen LogP contribution in [0, 0.1) is 5.41 Å². The Balaban J connectivity index is 2.44. The van der Waals surface area contributed by atoms with Crippen molar-refractivity contribution in [2.45, 2.75) is 84.8 Å². The Bertz CT molecular complexity index is 247. The topological polar surface area (TPSA) is 36.9 Å². The monoisotopic (exact) mass is 288 g/mol. The van der Waals surface area contributed by atoms with Crippen molar-refractivity contribution in [3.05, 3.63) is 0 Å². The molecule has 120 valence electrons. The average molecular weight is 288 g/mol. The molecule has 0 unspecified atom stereocenters. The Labute approximate surface area is 124 Å². The standard InChI is InChI=1S/C16H32O4/c1-14(2,3)19-17-12-16(10-8-7-9-11-16)13-18-20-15(4,5)6/h7-13H2,1-6H3. The van der Waals surface area contributed by atoms with E-state index in [9.17, 15) is 0 Å². The predicted octanol–water partition coefficient (Wildman–Crippen LogP) is 4.43. The zero-order chi connectivity index (χ0) is 15.3. The summed E-state index contributed by atoms with van der Waals surface area (Å²) in [5.74, 6) is 0. The summed E-state index contributed by atoms with van der Waals surface area (Å²) in [6.07, 6.45) is 5.94. The number of rotatable bonds is 6. The molecule has 0 N–H and O–H groups in total. The maximum atomic E-state index is 5.49. The van der Waals surface area contributed by atoms with Crippen LogP contribution >= 0.6 is 0 Å². The van der Waals surface area contributed by atoms with E-state index in [2.05, 4.69) is 0 Å². The highest BCUT2D eigenvalue weighted by atomic mass is 17.2. The Hall–Kier alpha value is -0.160. The van der Waals surface area contributed by atoms with Crippen molar-refractivity contribution in [3.63, 3.8) is 0 Å². The highest BCUT2D eigenvalue weighted by Crippen LogP contribution is 2.37. The first-order valence-electron chi connectivity index (χ1n) is 7.73. The molecule has 1 rings (SSSR count). The summed E-state index contributed by atoms with van der Waals surface area (Å²) in [5.41, 5.74) is -0.536. The van der Waals surface area contributed by atoms with Crippen molar-refractivity contribution in [1.29, 1.82) is 0 Å². The molecule has 1 fully saturated rings. The van der Waals surface area contributed by atoms with E-state index < -0.39 is 0 Å². The van der Waals surface area contributed by atoms with Gasteiger partial charge < -0.3 is 0 Å². The van der Waals surface area contributed by atoms with E-state index in [1.54, 1.807) is 0 Å². The fraction of sp³-hybridized carbons (Fsp3) is 1.00. The lowest BCUT2D eigenvalue weighted by atomic mass is 9.75. The first-order chi connectivity index (χ1) is 9.12. The van der Waals surface area contributed by atoms with Crippen LogP contribution in [0.5, 0.6) is 0 Å². The molecule has 1 saturated carbocycles. The third kappa shape index (κ3) is 7.58. The molecular weight excluding hydrogens is 256 g/mol. The molecule has 4 heteroatoms. The van der Waals surface area contributed by atoms with Crippen molar-refractivity contribution in [1.82, 2.24) is 0 Å². The van der Waals surface area contributed by atoms with Crippen LogP contribution in [0.25, 0.3) is 0 Å². The molecule has 20 heavy (non-hydrogen) atoms. The van der Waals surface area contributed by atoms with Crippen molar-refractivity contribution < 1.29 is 19.6 Å². The normalized spacial score (nSPS) is 20.1. The zero-order valence-electron chi connectivity index (χ0n) is 14.1. The molecule has 0 aliphatic heterocycles. The largest absolute Gasteiger partial charge is 0.236 e. The van der Waals surface area contributed by atoms with Gasteiger partial charge in [-0.2, -0.15) is 0 Å². The molecule has 0 bridgehead atoms. The van der Waals surface area contributed by atoms with Crippen LogP contribution in [0.2, 0.25) is 0 Å². The first-order valence-corrected chi connectivity index (χ1v) is 7.73. The minimum atomic E-state index is -0.279. The van der Waals surface area contributed by atoms with Crippen molar-refractivity contribution in [2.75, 3.05) is 13.2 Å². The van der Waals surface area contributed by atoms with Crippen LogP contribution in [-0.4, -0.2) is 24.4 Å². The van der Waals surface area contributed by atoms with Gasteiger partial charge in [-0.05, 0) is 54.4 Å². The quantitative estimate of drug-likeness (QED) is 0.535. The lowest BCUT2D eigenvalue weighted by Crippen LogP contribution is -2.37. The second kappa shape index (κ2) is 7.21. The molecule has 0 spiro atoms. The van der Waals surface area contributed by atoms with Gasteiger partial charge >= 0.3 is 0 Å². The molecule has 1 aliphatic rings. The SMILES string of the molecule is CC(C)(C)OOCC1(COOC(C)(C)C)CCCCC1. The molecule has 0 heterocycles. The minimum absolute atomic E-state index is 0.0226. The lowest BCUT2D eigenvalue weighted by molar-refractivity contribution is -0.388. The molecule has 0 atom stereocenters. The summed E-state index contributed by atoms with van der Waals surface area (Å²) in [7, 11) is 0. The van der Waals surface area contributed by atoms with Crippen LogP contribution in [0.4, 0.5) is 0 Å². The average Bonchev–Trinajstić information content (AvgIpc) is 2.26. The highest BCUT2D eigenvalue weighted by molar-refractivity contribution is 4.82. The molecule has 0 aromatic heterocycles. The van der Waals surface area contributed by atoms with Gasteiger partial charge in [-0.15, -0.1) is 0 Å². The third-order valence-electron chi connectivity index (χ3n) is 3.26. The molecule has 0 aromatic rings. The lowest BCUT2D eigenvalue weighted by Gasteiger charge is -2.36. The van der Waals surface area contributed by atoms with Crippen LogP contribution in [0.15, 0.2) is 0 Å². The Kier molecular flexibility index (Phi) is 6.45. The van der Waals surface area contributed by atoms with Gasteiger partial charge in [0.05, 0.1) is 24.4 Å². The van der Waals surface area contributed by atoms with Gasteiger partial charge in [-0.1, -0.05) is 19.3 Å². The summed E-state index contributed by atoms with van der Waals surface area (Å²) < 4.78 is 0. The fourth-order valence-electron chi connectivity index (χ4n) is 2.29. The van der Waals surface area contributed by atoms with E-state index in [4.69, 9.17) is 19.6 Å². The zero-order valence-corrected chi connectivity index (χ0v) is 14.1. The van der Waals surface area contributed by atoms with Crippen molar-refractivity contribution >= 4 is 0 Å². The van der Waals surface area contributed by atoms with E-state index >= 15 is 0 Å². The number of hydrogen-bond acceptors (Lipinski definition) is 4. The summed E-state index contributed by atoms with van der Waals surface area (Å²) in [6.45, 7) is 13.0. The van der Waals surface area contributed by atoms with Gasteiger partial charge in [0, 0.05) is 5.41 Å². The summed E-state index contributed by atoms with van der Waals surface area (Å²) in [6, 6.07) is 0. The Morgan fingerprint density at radius 3 is 1.45 bits per heavy atom. The number of hydrogen-bond donors (Lipinski definition) is 0. The van der Waals surface area contributed by atoms with Gasteiger partial charge in [-0.25, -0.2) is 19.6 Å². The van der Waals surface area contributed by atoms with Crippen molar-refractivity contribution in [2.24, 2.45) is 5.41 Å².